The third-order valence-corrected chi connectivity index (χ3v) is 5.62. The zero-order valence-electron chi connectivity index (χ0n) is 15.3. The van der Waals surface area contributed by atoms with E-state index in [0.717, 1.165) is 50.5 Å². The highest BCUT2D eigenvalue weighted by Crippen LogP contribution is 2.34. The predicted molar refractivity (Wildman–Crippen MR) is 98.3 cm³/mol. The van der Waals surface area contributed by atoms with Crippen molar-refractivity contribution >= 4 is 0 Å². The van der Waals surface area contributed by atoms with E-state index in [9.17, 15) is 5.11 Å². The number of aromatic nitrogens is 2. The molecule has 2 aromatic rings. The number of likely N-dealkylation sites (tertiary alicyclic amines) is 1. The smallest absolute Gasteiger partial charge is 0.146 e. The maximum Gasteiger partial charge on any atom is 0.146 e. The fraction of sp³-hybridized carbons (Fsp3) is 0.550. The molecule has 25 heavy (non-hydrogen) atoms. The van der Waals surface area contributed by atoms with Gasteiger partial charge < -0.3 is 14.4 Å². The van der Waals surface area contributed by atoms with Gasteiger partial charge in [-0.2, -0.15) is 0 Å². The van der Waals surface area contributed by atoms with Gasteiger partial charge in [-0.15, -0.1) is 0 Å². The van der Waals surface area contributed by atoms with Crippen molar-refractivity contribution < 1.29 is 9.84 Å². The lowest BCUT2D eigenvalue weighted by molar-refractivity contribution is 0.0382. The number of hydrogen-bond acceptors (Lipinski definition) is 4. The second-order valence-corrected chi connectivity index (χ2v) is 7.17. The van der Waals surface area contributed by atoms with Crippen molar-refractivity contribution in [1.29, 1.82) is 0 Å². The first-order valence-electron chi connectivity index (χ1n) is 9.15. The minimum atomic E-state index is 0.152. The molecule has 0 spiro atoms. The van der Waals surface area contributed by atoms with Gasteiger partial charge in [0.15, 0.2) is 0 Å². The van der Waals surface area contributed by atoms with Crippen LogP contribution in [0.5, 0.6) is 5.75 Å². The third-order valence-electron chi connectivity index (χ3n) is 5.62. The second kappa shape index (κ2) is 8.02. The highest BCUT2D eigenvalue weighted by molar-refractivity contribution is 5.27. The van der Waals surface area contributed by atoms with E-state index in [2.05, 4.69) is 28.9 Å². The average molecular weight is 343 g/mol. The van der Waals surface area contributed by atoms with Gasteiger partial charge in [0.05, 0.1) is 0 Å². The molecule has 136 valence electrons. The summed E-state index contributed by atoms with van der Waals surface area (Å²) in [7, 11) is 1.97. The van der Waals surface area contributed by atoms with Gasteiger partial charge in [-0.1, -0.05) is 19.1 Å². The molecule has 1 aromatic carbocycles. The molecule has 1 aliphatic rings. The number of nitrogens with zero attached hydrogens (tertiary/aromatic N) is 3. The number of aliphatic hydroxyl groups excluding tert-OH is 1. The molecule has 0 unspecified atom stereocenters. The first-order chi connectivity index (χ1) is 12.1. The van der Waals surface area contributed by atoms with Crippen molar-refractivity contribution in [3.05, 3.63) is 48.0 Å². The molecule has 3 rings (SSSR count). The van der Waals surface area contributed by atoms with Gasteiger partial charge in [0.2, 0.25) is 0 Å². The molecule has 0 radical (unpaired) electrons. The van der Waals surface area contributed by atoms with Crippen LogP contribution in [0.1, 0.15) is 37.6 Å². The van der Waals surface area contributed by atoms with E-state index in [4.69, 9.17) is 4.74 Å². The number of piperidine rings is 1. The standard InChI is InChI=1S/C20H29N3O2/c1-3-20(16-24)8-11-23(12-9-20)14-17-4-6-18(7-5-17)25-15-19-21-10-13-22(19)2/h4-7,10,13,24H,3,8-9,11-12,14-16H2,1-2H3. The number of aryl methyl sites for hydroxylation is 1. The Labute approximate surface area is 150 Å². The van der Waals surface area contributed by atoms with Crippen LogP contribution in [0.3, 0.4) is 0 Å². The van der Waals surface area contributed by atoms with Gasteiger partial charge in [0.1, 0.15) is 18.2 Å². The Balaban J connectivity index is 1.49. The Morgan fingerprint density at radius 3 is 2.48 bits per heavy atom. The summed E-state index contributed by atoms with van der Waals surface area (Å²) in [6.07, 6.45) is 6.95. The molecular formula is C20H29N3O2. The zero-order valence-corrected chi connectivity index (χ0v) is 15.3. The normalized spacial score (nSPS) is 17.6. The number of aliphatic hydroxyl groups is 1. The van der Waals surface area contributed by atoms with E-state index in [0.29, 0.717) is 13.2 Å². The summed E-state index contributed by atoms with van der Waals surface area (Å²) in [4.78, 5) is 6.74. The quantitative estimate of drug-likeness (QED) is 0.840. The molecule has 0 amide bonds. The lowest BCUT2D eigenvalue weighted by Crippen LogP contribution is -2.41. The molecule has 2 heterocycles. The fourth-order valence-corrected chi connectivity index (χ4v) is 3.44. The van der Waals surface area contributed by atoms with Crippen LogP contribution < -0.4 is 4.74 Å². The van der Waals surface area contributed by atoms with Gasteiger partial charge in [0, 0.05) is 32.6 Å². The van der Waals surface area contributed by atoms with E-state index in [-0.39, 0.29) is 5.41 Å². The molecule has 5 heteroatoms. The van der Waals surface area contributed by atoms with Crippen LogP contribution >= 0.6 is 0 Å². The van der Waals surface area contributed by atoms with Crippen LogP contribution in [-0.2, 0) is 20.2 Å². The van der Waals surface area contributed by atoms with Crippen LogP contribution in [0.2, 0.25) is 0 Å². The zero-order chi connectivity index (χ0) is 17.7. The molecule has 1 fully saturated rings. The third kappa shape index (κ3) is 4.41. The summed E-state index contributed by atoms with van der Waals surface area (Å²) in [6.45, 7) is 6.08. The van der Waals surface area contributed by atoms with Crippen LogP contribution in [0.25, 0.3) is 0 Å². The summed E-state index contributed by atoms with van der Waals surface area (Å²) < 4.78 is 7.77. The summed E-state index contributed by atoms with van der Waals surface area (Å²) in [5, 5.41) is 9.65. The Hall–Kier alpha value is -1.85. The number of hydrogen-bond donors (Lipinski definition) is 1. The SMILES string of the molecule is CCC1(CO)CCN(Cc2ccc(OCc3nccn3C)cc2)CC1. The molecule has 0 saturated carbocycles. The van der Waals surface area contributed by atoms with E-state index in [1.807, 2.05) is 29.9 Å². The number of benzene rings is 1. The molecule has 5 nitrogen and oxygen atoms in total. The molecule has 1 aromatic heterocycles. The van der Waals surface area contributed by atoms with Crippen LogP contribution in [-0.4, -0.2) is 39.3 Å². The molecule has 0 aliphatic carbocycles. The molecule has 0 bridgehead atoms. The molecule has 1 N–H and O–H groups in total. The van der Waals surface area contributed by atoms with Gasteiger partial charge in [0.25, 0.3) is 0 Å². The van der Waals surface area contributed by atoms with Crippen molar-refractivity contribution in [3.8, 4) is 5.75 Å². The predicted octanol–water partition coefficient (Wildman–Crippen LogP) is 2.98. The van der Waals surface area contributed by atoms with E-state index in [1.54, 1.807) is 6.20 Å². The average Bonchev–Trinajstić information content (AvgIpc) is 3.07. The highest BCUT2D eigenvalue weighted by atomic mass is 16.5. The molecule has 1 saturated heterocycles. The van der Waals surface area contributed by atoms with Crippen LogP contribution in [0.15, 0.2) is 36.7 Å². The van der Waals surface area contributed by atoms with E-state index >= 15 is 0 Å². The molecule has 0 atom stereocenters. The Morgan fingerprint density at radius 1 is 1.20 bits per heavy atom. The van der Waals surface area contributed by atoms with Gasteiger partial charge in [-0.25, -0.2) is 4.98 Å². The lowest BCUT2D eigenvalue weighted by Gasteiger charge is -2.40. The van der Waals surface area contributed by atoms with Crippen molar-refractivity contribution in [2.45, 2.75) is 39.3 Å². The first kappa shape index (κ1) is 18.0. The summed E-state index contributed by atoms with van der Waals surface area (Å²) in [5.74, 6) is 1.79. The van der Waals surface area contributed by atoms with Gasteiger partial charge in [-0.05, 0) is 55.5 Å². The summed E-state index contributed by atoms with van der Waals surface area (Å²) in [5.41, 5.74) is 1.46. The number of rotatable bonds is 7. The second-order valence-electron chi connectivity index (χ2n) is 7.17. The summed E-state index contributed by atoms with van der Waals surface area (Å²) >= 11 is 0. The van der Waals surface area contributed by atoms with Crippen molar-refractivity contribution in [3.63, 3.8) is 0 Å². The van der Waals surface area contributed by atoms with E-state index in [1.165, 1.54) is 5.56 Å². The molecular weight excluding hydrogens is 314 g/mol. The Kier molecular flexibility index (Phi) is 5.76. The minimum absolute atomic E-state index is 0.152. The van der Waals surface area contributed by atoms with Crippen LogP contribution in [0, 0.1) is 5.41 Å². The lowest BCUT2D eigenvalue weighted by atomic mass is 9.77. The monoisotopic (exact) mass is 343 g/mol. The van der Waals surface area contributed by atoms with Gasteiger partial charge in [-0.3, -0.25) is 4.90 Å². The largest absolute Gasteiger partial charge is 0.486 e. The number of ether oxygens (including phenoxy) is 1. The van der Waals surface area contributed by atoms with Crippen molar-refractivity contribution in [2.75, 3.05) is 19.7 Å². The number of imidazole rings is 1. The Bertz CT molecular complexity index is 652. The van der Waals surface area contributed by atoms with Crippen molar-refractivity contribution in [1.82, 2.24) is 14.5 Å². The van der Waals surface area contributed by atoms with Gasteiger partial charge >= 0.3 is 0 Å². The maximum atomic E-state index is 9.65. The van der Waals surface area contributed by atoms with Crippen molar-refractivity contribution in [2.24, 2.45) is 12.5 Å². The Morgan fingerprint density at radius 2 is 1.92 bits per heavy atom. The molecule has 1 aliphatic heterocycles. The van der Waals surface area contributed by atoms with Crippen LogP contribution in [0.4, 0.5) is 0 Å². The first-order valence-corrected chi connectivity index (χ1v) is 9.15. The van der Waals surface area contributed by atoms with E-state index < -0.39 is 0 Å². The highest BCUT2D eigenvalue weighted by Gasteiger charge is 2.32. The fourth-order valence-electron chi connectivity index (χ4n) is 3.44. The topological polar surface area (TPSA) is 50.5 Å². The minimum Gasteiger partial charge on any atom is -0.486 e. The summed E-state index contributed by atoms with van der Waals surface area (Å²) in [6, 6.07) is 8.35. The maximum absolute atomic E-state index is 9.65.